The molecule has 0 fully saturated rings. The predicted molar refractivity (Wildman–Crippen MR) is 122 cm³/mol. The van der Waals surface area contributed by atoms with Gasteiger partial charge in [-0.2, -0.15) is 0 Å². The Balaban J connectivity index is 1.80. The Morgan fingerprint density at radius 2 is 1.50 bits per heavy atom. The molecule has 0 radical (unpaired) electrons. The number of rotatable bonds is 8. The zero-order valence-electron chi connectivity index (χ0n) is 18.6. The van der Waals surface area contributed by atoms with Crippen molar-refractivity contribution in [1.29, 1.82) is 0 Å². The van der Waals surface area contributed by atoms with Gasteiger partial charge in [-0.15, -0.1) is 13.2 Å². The van der Waals surface area contributed by atoms with E-state index in [0.29, 0.717) is 17.9 Å². The Kier molecular flexibility index (Phi) is 7.95. The molecule has 0 atom stereocenters. The Morgan fingerprint density at radius 3 is 2.09 bits per heavy atom. The number of alkyl halides is 3. The van der Waals surface area contributed by atoms with Gasteiger partial charge in [-0.05, 0) is 68.1 Å². The van der Waals surface area contributed by atoms with Crippen molar-refractivity contribution in [2.45, 2.75) is 12.8 Å². The van der Waals surface area contributed by atoms with Crippen LogP contribution in [0, 0.1) is 0 Å². The summed E-state index contributed by atoms with van der Waals surface area (Å²) < 4.78 is 46.8. The van der Waals surface area contributed by atoms with E-state index in [1.807, 2.05) is 14.1 Å². The van der Waals surface area contributed by atoms with Gasteiger partial charge < -0.3 is 24.3 Å². The molecule has 10 heteroatoms. The lowest BCUT2D eigenvalue weighted by Crippen LogP contribution is -2.46. The van der Waals surface area contributed by atoms with Gasteiger partial charge in [0.1, 0.15) is 22.2 Å². The first-order valence-electron chi connectivity index (χ1n) is 10.4. The van der Waals surface area contributed by atoms with Gasteiger partial charge in [0.2, 0.25) is 0 Å². The molecule has 3 aromatic rings. The summed E-state index contributed by atoms with van der Waals surface area (Å²) in [4.78, 5) is 31.9. The fourth-order valence-corrected chi connectivity index (χ4v) is 3.06. The number of H-pyrrole nitrogens is 2. The summed E-state index contributed by atoms with van der Waals surface area (Å²) in [6, 6.07) is 12.1. The standard InChI is InChI=1S/C24H24F3N3O4/c1-30(2)11-4-12-33-18-9-7-16(8-10-18)14-20-22(31)29-21(23(32)28-20)15-17-5-3-6-19(13-17)34-24(25,26)27/h3,5-10,13-15H,4,11-12H2,1-2H3,(H,28,32)(H,29,31). The Labute approximate surface area is 192 Å². The van der Waals surface area contributed by atoms with Gasteiger partial charge in [-0.25, -0.2) is 0 Å². The molecule has 0 aliphatic rings. The van der Waals surface area contributed by atoms with E-state index in [4.69, 9.17) is 4.74 Å². The van der Waals surface area contributed by atoms with Gasteiger partial charge in [0, 0.05) is 6.54 Å². The van der Waals surface area contributed by atoms with Crippen LogP contribution >= 0.6 is 0 Å². The van der Waals surface area contributed by atoms with Crippen LogP contribution in [0.4, 0.5) is 13.2 Å². The molecule has 0 aliphatic carbocycles. The van der Waals surface area contributed by atoms with Crippen molar-refractivity contribution in [3.8, 4) is 11.5 Å². The fourth-order valence-electron chi connectivity index (χ4n) is 3.06. The molecule has 0 amide bonds. The number of benzene rings is 2. The summed E-state index contributed by atoms with van der Waals surface area (Å²) in [5.74, 6) is 0.259. The zero-order chi connectivity index (χ0) is 24.7. The molecule has 34 heavy (non-hydrogen) atoms. The van der Waals surface area contributed by atoms with Gasteiger partial charge in [0.15, 0.2) is 0 Å². The molecule has 0 spiro atoms. The van der Waals surface area contributed by atoms with E-state index in [1.54, 1.807) is 24.3 Å². The number of hydrogen-bond acceptors (Lipinski definition) is 5. The van der Waals surface area contributed by atoms with Crippen LogP contribution in [-0.4, -0.2) is 48.5 Å². The summed E-state index contributed by atoms with van der Waals surface area (Å²) in [5, 5.41) is -0.0660. The van der Waals surface area contributed by atoms with E-state index in [9.17, 15) is 22.8 Å². The Bertz CT molecular complexity index is 1340. The summed E-state index contributed by atoms with van der Waals surface area (Å²) in [5.41, 5.74) is -0.234. The van der Waals surface area contributed by atoms with Crippen LogP contribution in [0.25, 0.3) is 12.2 Å². The van der Waals surface area contributed by atoms with Crippen LogP contribution in [0.3, 0.4) is 0 Å². The van der Waals surface area contributed by atoms with Crippen LogP contribution in [0.1, 0.15) is 17.5 Å². The summed E-state index contributed by atoms with van der Waals surface area (Å²) in [6.07, 6.45) is -1.17. The van der Waals surface area contributed by atoms with Crippen molar-refractivity contribution in [1.82, 2.24) is 14.9 Å². The van der Waals surface area contributed by atoms with Gasteiger partial charge >= 0.3 is 6.36 Å². The van der Waals surface area contributed by atoms with E-state index < -0.39 is 23.2 Å². The lowest BCUT2D eigenvalue weighted by atomic mass is 10.2. The molecule has 2 N–H and O–H groups in total. The highest BCUT2D eigenvalue weighted by Crippen LogP contribution is 2.23. The number of hydrogen-bond donors (Lipinski definition) is 2. The first kappa shape index (κ1) is 24.8. The monoisotopic (exact) mass is 475 g/mol. The fraction of sp³-hybridized carbons (Fsp3) is 0.250. The average Bonchev–Trinajstić information content (AvgIpc) is 2.75. The van der Waals surface area contributed by atoms with E-state index >= 15 is 0 Å². The zero-order valence-corrected chi connectivity index (χ0v) is 18.6. The number of ether oxygens (including phenoxy) is 2. The topological polar surface area (TPSA) is 87.4 Å². The highest BCUT2D eigenvalue weighted by Gasteiger charge is 2.31. The van der Waals surface area contributed by atoms with Gasteiger partial charge in [0.05, 0.1) is 6.61 Å². The Hall–Kier alpha value is -3.79. The van der Waals surface area contributed by atoms with Gasteiger partial charge in [0.25, 0.3) is 11.1 Å². The van der Waals surface area contributed by atoms with Crippen LogP contribution in [-0.2, 0) is 0 Å². The van der Waals surface area contributed by atoms with Crippen LogP contribution in [0.15, 0.2) is 58.1 Å². The maximum atomic E-state index is 12.5. The predicted octanol–water partition coefficient (Wildman–Crippen LogP) is 1.95. The average molecular weight is 475 g/mol. The first-order chi connectivity index (χ1) is 16.1. The minimum Gasteiger partial charge on any atom is -0.494 e. The highest BCUT2D eigenvalue weighted by molar-refractivity contribution is 5.51. The molecular weight excluding hydrogens is 451 g/mol. The normalized spacial score (nSPS) is 12.9. The van der Waals surface area contributed by atoms with Gasteiger partial charge in [-0.1, -0.05) is 24.3 Å². The van der Waals surface area contributed by atoms with Crippen molar-refractivity contribution < 1.29 is 22.6 Å². The molecule has 0 saturated heterocycles. The number of halogens is 3. The third kappa shape index (κ3) is 7.66. The third-order valence-electron chi connectivity index (χ3n) is 4.60. The van der Waals surface area contributed by atoms with E-state index in [-0.39, 0.29) is 16.3 Å². The SMILES string of the molecule is CN(C)CCCOc1ccc(C=c2[nH]c(=O)c(=Cc3cccc(OC(F)(F)F)c3)[nH]c2=O)cc1. The summed E-state index contributed by atoms with van der Waals surface area (Å²) in [7, 11) is 3.98. The molecule has 1 aromatic heterocycles. The third-order valence-corrected chi connectivity index (χ3v) is 4.60. The van der Waals surface area contributed by atoms with Crippen molar-refractivity contribution in [2.75, 3.05) is 27.2 Å². The molecule has 3 rings (SSSR count). The summed E-state index contributed by atoms with van der Waals surface area (Å²) in [6.45, 7) is 1.50. The number of nitrogens with zero attached hydrogens (tertiary/aromatic N) is 1. The van der Waals surface area contributed by atoms with Crippen molar-refractivity contribution in [2.24, 2.45) is 0 Å². The summed E-state index contributed by atoms with van der Waals surface area (Å²) >= 11 is 0. The number of aromatic nitrogens is 2. The van der Waals surface area contributed by atoms with Crippen molar-refractivity contribution >= 4 is 12.2 Å². The first-order valence-corrected chi connectivity index (χ1v) is 10.4. The van der Waals surface area contributed by atoms with Gasteiger partial charge in [-0.3, -0.25) is 9.59 Å². The van der Waals surface area contributed by atoms with Crippen molar-refractivity contribution in [3.05, 3.63) is 91.1 Å². The minimum atomic E-state index is -4.84. The number of aromatic amines is 2. The number of nitrogens with one attached hydrogen (secondary N) is 2. The van der Waals surface area contributed by atoms with Crippen LogP contribution < -0.4 is 31.3 Å². The molecule has 0 unspecified atom stereocenters. The molecule has 0 aliphatic heterocycles. The second-order valence-electron chi connectivity index (χ2n) is 7.72. The van der Waals surface area contributed by atoms with E-state index in [0.717, 1.165) is 25.1 Å². The van der Waals surface area contributed by atoms with Crippen LogP contribution in [0.2, 0.25) is 0 Å². The molecule has 0 saturated carbocycles. The molecule has 2 aromatic carbocycles. The molecule has 0 bridgehead atoms. The van der Waals surface area contributed by atoms with E-state index in [2.05, 4.69) is 19.6 Å². The van der Waals surface area contributed by atoms with Crippen LogP contribution in [0.5, 0.6) is 11.5 Å². The molecule has 180 valence electrons. The molecule has 1 heterocycles. The second kappa shape index (κ2) is 10.9. The highest BCUT2D eigenvalue weighted by atomic mass is 19.4. The lowest BCUT2D eigenvalue weighted by molar-refractivity contribution is -0.274. The maximum absolute atomic E-state index is 12.5. The smallest absolute Gasteiger partial charge is 0.494 e. The molecular formula is C24H24F3N3O4. The maximum Gasteiger partial charge on any atom is 0.573 e. The Morgan fingerprint density at radius 1 is 0.882 bits per heavy atom. The largest absolute Gasteiger partial charge is 0.573 e. The van der Waals surface area contributed by atoms with E-state index in [1.165, 1.54) is 24.3 Å². The minimum absolute atomic E-state index is 0.0379. The second-order valence-corrected chi connectivity index (χ2v) is 7.72. The van der Waals surface area contributed by atoms with Crippen molar-refractivity contribution in [3.63, 3.8) is 0 Å². The quantitative estimate of drug-likeness (QED) is 0.487. The molecule has 7 nitrogen and oxygen atoms in total. The lowest BCUT2D eigenvalue weighted by Gasteiger charge is -2.10.